The first kappa shape index (κ1) is 20.3. The average molecular weight is 419 g/mol. The summed E-state index contributed by atoms with van der Waals surface area (Å²) in [4.78, 5) is 17.1. The zero-order valence-corrected chi connectivity index (χ0v) is 17.3. The number of rotatable bonds is 5. The predicted molar refractivity (Wildman–Crippen MR) is 110 cm³/mol. The van der Waals surface area contributed by atoms with Gasteiger partial charge in [0.15, 0.2) is 0 Å². The van der Waals surface area contributed by atoms with E-state index in [2.05, 4.69) is 25.9 Å². The average Bonchev–Trinajstić information content (AvgIpc) is 3.13. The van der Waals surface area contributed by atoms with Gasteiger partial charge in [0, 0.05) is 30.3 Å². The molecular formula is C20H27ClN6O2. The number of halogens is 1. The minimum Gasteiger partial charge on any atom is -0.379 e. The summed E-state index contributed by atoms with van der Waals surface area (Å²) >= 11 is 6.40. The summed E-state index contributed by atoms with van der Waals surface area (Å²) in [5.74, 6) is 0.313. The van der Waals surface area contributed by atoms with Crippen LogP contribution in [0.15, 0.2) is 12.3 Å². The summed E-state index contributed by atoms with van der Waals surface area (Å²) in [7, 11) is 0. The smallest absolute Gasteiger partial charge is 0.228 e. The van der Waals surface area contributed by atoms with Crippen LogP contribution in [0, 0.1) is 5.92 Å². The summed E-state index contributed by atoms with van der Waals surface area (Å²) in [6.07, 6.45) is 7.58. The first-order valence-electron chi connectivity index (χ1n) is 10.3. The van der Waals surface area contributed by atoms with E-state index < -0.39 is 6.23 Å². The summed E-state index contributed by atoms with van der Waals surface area (Å²) in [6.45, 7) is 2.57. The number of fused-ring (bicyclic) bond motifs is 1. The van der Waals surface area contributed by atoms with E-state index in [-0.39, 0.29) is 17.9 Å². The number of amides is 1. The van der Waals surface area contributed by atoms with E-state index in [1.165, 1.54) is 0 Å². The fourth-order valence-corrected chi connectivity index (χ4v) is 4.55. The Balaban J connectivity index is 1.49. The lowest BCUT2D eigenvalue weighted by molar-refractivity contribution is -0.121. The number of aryl methyl sites for hydroxylation is 1. The Labute approximate surface area is 175 Å². The predicted octanol–water partition coefficient (Wildman–Crippen LogP) is 2.75. The zero-order chi connectivity index (χ0) is 20.4. The van der Waals surface area contributed by atoms with E-state index in [0.717, 1.165) is 62.0 Å². The van der Waals surface area contributed by atoms with Crippen LogP contribution in [0.2, 0.25) is 5.02 Å². The lowest BCUT2D eigenvalue weighted by atomic mass is 9.85. The Bertz CT molecular complexity index is 884. The Morgan fingerprint density at radius 1 is 1.34 bits per heavy atom. The molecule has 9 heteroatoms. The Morgan fingerprint density at radius 2 is 2.21 bits per heavy atom. The fourth-order valence-electron chi connectivity index (χ4n) is 4.36. The Kier molecular flexibility index (Phi) is 6.12. The van der Waals surface area contributed by atoms with Gasteiger partial charge in [-0.3, -0.25) is 10.1 Å². The van der Waals surface area contributed by atoms with Gasteiger partial charge in [-0.15, -0.1) is 5.10 Å². The molecule has 8 nitrogen and oxygen atoms in total. The van der Waals surface area contributed by atoms with Crippen molar-refractivity contribution in [2.24, 2.45) is 5.92 Å². The van der Waals surface area contributed by atoms with Crippen molar-refractivity contribution in [2.75, 3.05) is 5.32 Å². The van der Waals surface area contributed by atoms with Crippen molar-refractivity contribution in [3.05, 3.63) is 23.0 Å². The molecule has 1 amide bonds. The van der Waals surface area contributed by atoms with Crippen LogP contribution in [-0.4, -0.2) is 43.3 Å². The van der Waals surface area contributed by atoms with Crippen molar-refractivity contribution in [2.45, 2.75) is 70.7 Å². The Morgan fingerprint density at radius 3 is 3.03 bits per heavy atom. The number of aliphatic hydroxyl groups is 1. The number of carbonyl (C=O) groups excluding carboxylic acids is 1. The molecule has 2 aromatic rings. The molecule has 1 saturated carbocycles. The lowest BCUT2D eigenvalue weighted by Gasteiger charge is -2.30. The molecule has 0 bridgehead atoms. The summed E-state index contributed by atoms with van der Waals surface area (Å²) in [6, 6.07) is 1.94. The molecular weight excluding hydrogens is 392 g/mol. The SMILES string of the molecule is CC(O)N[C@@H]1CCC[C@H](C(=O)Nc2cc(-c3nnn4c3CCCC4)c(Cl)cn2)C1. The van der Waals surface area contributed by atoms with Crippen molar-refractivity contribution >= 4 is 23.3 Å². The van der Waals surface area contributed by atoms with Crippen molar-refractivity contribution in [3.63, 3.8) is 0 Å². The van der Waals surface area contributed by atoms with Crippen LogP contribution in [0.4, 0.5) is 5.82 Å². The molecule has 0 saturated heterocycles. The molecule has 1 fully saturated rings. The third kappa shape index (κ3) is 4.60. The van der Waals surface area contributed by atoms with Gasteiger partial charge < -0.3 is 10.4 Å². The first-order chi connectivity index (χ1) is 14.0. The highest BCUT2D eigenvalue weighted by Gasteiger charge is 2.28. The number of hydrogen-bond donors (Lipinski definition) is 3. The number of carbonyl (C=O) groups is 1. The van der Waals surface area contributed by atoms with Gasteiger partial charge in [0.2, 0.25) is 5.91 Å². The molecule has 3 atom stereocenters. The van der Waals surface area contributed by atoms with Gasteiger partial charge in [-0.2, -0.15) is 0 Å². The zero-order valence-electron chi connectivity index (χ0n) is 16.6. The second kappa shape index (κ2) is 8.77. The van der Waals surface area contributed by atoms with E-state index in [9.17, 15) is 9.90 Å². The molecule has 2 aromatic heterocycles. The largest absolute Gasteiger partial charge is 0.379 e. The van der Waals surface area contributed by atoms with Gasteiger partial charge in [-0.05, 0) is 51.5 Å². The van der Waals surface area contributed by atoms with E-state index in [4.69, 9.17) is 11.6 Å². The highest BCUT2D eigenvalue weighted by Crippen LogP contribution is 2.33. The van der Waals surface area contributed by atoms with Gasteiger partial charge in [0.05, 0.1) is 10.7 Å². The maximum atomic E-state index is 12.8. The normalized spacial score (nSPS) is 22.7. The third-order valence-corrected chi connectivity index (χ3v) is 6.06. The molecule has 156 valence electrons. The lowest BCUT2D eigenvalue weighted by Crippen LogP contribution is -2.42. The molecule has 1 aliphatic heterocycles. The standard InChI is InChI=1S/C20H27ClN6O2/c1-12(28)23-14-6-4-5-13(9-14)20(29)24-18-10-15(16(21)11-22-18)19-17-7-2-3-8-27(17)26-25-19/h10-14,23,28H,2-9H2,1H3,(H,22,24,29)/t12?,13-,14+/m0/s1. The molecule has 2 aliphatic rings. The fraction of sp³-hybridized carbons (Fsp3) is 0.600. The topological polar surface area (TPSA) is 105 Å². The highest BCUT2D eigenvalue weighted by atomic mass is 35.5. The quantitative estimate of drug-likeness (QED) is 0.645. The van der Waals surface area contributed by atoms with Crippen LogP contribution in [0.3, 0.4) is 0 Å². The molecule has 3 N–H and O–H groups in total. The van der Waals surface area contributed by atoms with Gasteiger partial charge in [-0.25, -0.2) is 9.67 Å². The second-order valence-electron chi connectivity index (χ2n) is 8.01. The minimum absolute atomic E-state index is 0.0483. The van der Waals surface area contributed by atoms with Gasteiger partial charge in [0.1, 0.15) is 17.7 Å². The molecule has 4 rings (SSSR count). The second-order valence-corrected chi connectivity index (χ2v) is 8.41. The van der Waals surface area contributed by atoms with Crippen LogP contribution in [0.25, 0.3) is 11.3 Å². The van der Waals surface area contributed by atoms with Crippen molar-refractivity contribution in [1.82, 2.24) is 25.3 Å². The number of nitrogens with zero attached hydrogens (tertiary/aromatic N) is 4. The Hall–Kier alpha value is -2.03. The van der Waals surface area contributed by atoms with Crippen molar-refractivity contribution in [1.29, 1.82) is 0 Å². The summed E-state index contributed by atoms with van der Waals surface area (Å²) < 4.78 is 1.94. The van der Waals surface area contributed by atoms with Crippen LogP contribution in [-0.2, 0) is 17.8 Å². The van der Waals surface area contributed by atoms with Crippen molar-refractivity contribution < 1.29 is 9.90 Å². The van der Waals surface area contributed by atoms with E-state index in [1.54, 1.807) is 19.2 Å². The molecule has 0 aromatic carbocycles. The minimum atomic E-state index is -0.572. The molecule has 1 aliphatic carbocycles. The highest BCUT2D eigenvalue weighted by molar-refractivity contribution is 6.33. The monoisotopic (exact) mass is 418 g/mol. The first-order valence-corrected chi connectivity index (χ1v) is 10.7. The number of aliphatic hydroxyl groups excluding tert-OH is 1. The van der Waals surface area contributed by atoms with Gasteiger partial charge in [-0.1, -0.05) is 23.2 Å². The molecule has 0 spiro atoms. The van der Waals surface area contributed by atoms with Crippen LogP contribution in [0.5, 0.6) is 0 Å². The van der Waals surface area contributed by atoms with E-state index >= 15 is 0 Å². The van der Waals surface area contributed by atoms with Crippen LogP contribution >= 0.6 is 11.6 Å². The number of pyridine rings is 1. The number of aromatic nitrogens is 4. The molecule has 0 radical (unpaired) electrons. The third-order valence-electron chi connectivity index (χ3n) is 5.75. The maximum absolute atomic E-state index is 12.8. The van der Waals surface area contributed by atoms with Crippen LogP contribution in [0.1, 0.15) is 51.1 Å². The maximum Gasteiger partial charge on any atom is 0.228 e. The molecule has 1 unspecified atom stereocenters. The van der Waals surface area contributed by atoms with E-state index in [0.29, 0.717) is 17.3 Å². The van der Waals surface area contributed by atoms with E-state index in [1.807, 2.05) is 4.68 Å². The van der Waals surface area contributed by atoms with Gasteiger partial charge >= 0.3 is 0 Å². The summed E-state index contributed by atoms with van der Waals surface area (Å²) in [5, 5.41) is 24.7. The number of nitrogens with one attached hydrogen (secondary N) is 2. The number of hydrogen-bond acceptors (Lipinski definition) is 6. The van der Waals surface area contributed by atoms with Crippen molar-refractivity contribution in [3.8, 4) is 11.3 Å². The molecule has 29 heavy (non-hydrogen) atoms. The molecule has 3 heterocycles. The number of anilines is 1. The van der Waals surface area contributed by atoms with Crippen LogP contribution < -0.4 is 10.6 Å². The van der Waals surface area contributed by atoms with Gasteiger partial charge in [0.25, 0.3) is 0 Å². The summed E-state index contributed by atoms with van der Waals surface area (Å²) in [5.41, 5.74) is 2.60.